The van der Waals surface area contributed by atoms with E-state index in [4.69, 9.17) is 4.74 Å². The van der Waals surface area contributed by atoms with Crippen molar-refractivity contribution in [2.24, 2.45) is 0 Å². The third kappa shape index (κ3) is 3.81. The number of aromatic nitrogens is 2. The van der Waals surface area contributed by atoms with Crippen molar-refractivity contribution in [3.05, 3.63) is 170 Å². The quantitative estimate of drug-likeness (QED) is 0.197. The standard InChI is InChI=1S/C44H28N2O/c1-28-36-27-43-39(26-37(36)35-17-9-11-19-44(35)47-28)38-24-29(21-23-41(38)46(43)32-14-6-3-7-15-32)30-20-22-34-33-16-8-10-18-40(33)45(42(34)25-30)31-12-4-2-5-13-31/h2-27H,1H2. The Morgan fingerprint density at radius 3 is 1.74 bits per heavy atom. The highest BCUT2D eigenvalue weighted by molar-refractivity contribution is 6.14. The van der Waals surface area contributed by atoms with Gasteiger partial charge in [-0.1, -0.05) is 97.6 Å². The lowest BCUT2D eigenvalue weighted by atomic mass is 9.93. The van der Waals surface area contributed by atoms with Crippen LogP contribution in [0, 0.1) is 0 Å². The molecule has 0 fully saturated rings. The van der Waals surface area contributed by atoms with Gasteiger partial charge in [-0.3, -0.25) is 0 Å². The predicted molar refractivity (Wildman–Crippen MR) is 196 cm³/mol. The molecule has 1 aliphatic rings. The van der Waals surface area contributed by atoms with Gasteiger partial charge in [0, 0.05) is 44.0 Å². The van der Waals surface area contributed by atoms with E-state index in [0.29, 0.717) is 5.76 Å². The molecule has 3 nitrogen and oxygen atoms in total. The Morgan fingerprint density at radius 2 is 0.957 bits per heavy atom. The van der Waals surface area contributed by atoms with Crippen molar-refractivity contribution in [1.82, 2.24) is 9.13 Å². The summed E-state index contributed by atoms with van der Waals surface area (Å²) in [4.78, 5) is 0. The Hall–Kier alpha value is -6.32. The first kappa shape index (κ1) is 26.0. The molecule has 0 unspecified atom stereocenters. The molecule has 7 aromatic carbocycles. The molecule has 0 saturated carbocycles. The first-order chi connectivity index (χ1) is 23.2. The van der Waals surface area contributed by atoms with Crippen molar-refractivity contribution < 1.29 is 4.74 Å². The van der Waals surface area contributed by atoms with Gasteiger partial charge in [-0.2, -0.15) is 0 Å². The number of ether oxygens (including phenoxy) is 1. The van der Waals surface area contributed by atoms with E-state index in [2.05, 4.69) is 161 Å². The van der Waals surface area contributed by atoms with Crippen LogP contribution in [0.4, 0.5) is 0 Å². The van der Waals surface area contributed by atoms with Crippen molar-refractivity contribution in [2.75, 3.05) is 0 Å². The van der Waals surface area contributed by atoms with E-state index in [1.54, 1.807) is 0 Å². The molecule has 0 aliphatic carbocycles. The topological polar surface area (TPSA) is 19.1 Å². The Balaban J connectivity index is 1.25. The summed E-state index contributed by atoms with van der Waals surface area (Å²) < 4.78 is 10.9. The Morgan fingerprint density at radius 1 is 0.383 bits per heavy atom. The fraction of sp³-hybridized carbons (Fsp3) is 0. The molecule has 0 bridgehead atoms. The number of hydrogen-bond acceptors (Lipinski definition) is 1. The Kier molecular flexibility index (Phi) is 5.43. The highest BCUT2D eigenvalue weighted by Crippen LogP contribution is 2.46. The Labute approximate surface area is 271 Å². The smallest absolute Gasteiger partial charge is 0.135 e. The van der Waals surface area contributed by atoms with Crippen molar-refractivity contribution in [2.45, 2.75) is 0 Å². The molecule has 9 aromatic rings. The predicted octanol–water partition coefficient (Wildman–Crippen LogP) is 11.6. The lowest BCUT2D eigenvalue weighted by Gasteiger charge is -2.22. The van der Waals surface area contributed by atoms with Crippen LogP contribution in [0.1, 0.15) is 5.56 Å². The molecule has 2 aromatic heterocycles. The zero-order valence-corrected chi connectivity index (χ0v) is 25.5. The van der Waals surface area contributed by atoms with Crippen LogP contribution in [-0.4, -0.2) is 9.13 Å². The van der Waals surface area contributed by atoms with Crippen LogP contribution < -0.4 is 4.74 Å². The SMILES string of the molecule is C=C1Oc2ccccc2-c2cc3c4cc(-c5ccc6c7ccccc7n(-c7ccccc7)c6c5)ccc4n(-c4ccccc4)c3cc21. The summed E-state index contributed by atoms with van der Waals surface area (Å²) in [7, 11) is 0. The Bertz CT molecular complexity index is 2710. The number of rotatable bonds is 3. The molecular weight excluding hydrogens is 572 g/mol. The lowest BCUT2D eigenvalue weighted by Crippen LogP contribution is -2.04. The maximum Gasteiger partial charge on any atom is 0.135 e. The molecule has 47 heavy (non-hydrogen) atoms. The summed E-state index contributed by atoms with van der Waals surface area (Å²) in [6.07, 6.45) is 0. The summed E-state index contributed by atoms with van der Waals surface area (Å²) in [5.74, 6) is 1.52. The second-order valence-corrected chi connectivity index (χ2v) is 12.3. The minimum Gasteiger partial charge on any atom is -0.457 e. The molecule has 0 radical (unpaired) electrons. The van der Waals surface area contributed by atoms with Crippen molar-refractivity contribution in [3.8, 4) is 39.4 Å². The second kappa shape index (κ2) is 9.84. The number of para-hydroxylation sites is 4. The van der Waals surface area contributed by atoms with Gasteiger partial charge in [0.1, 0.15) is 11.5 Å². The first-order valence-corrected chi connectivity index (χ1v) is 16.0. The minimum atomic E-state index is 0.674. The summed E-state index contributed by atoms with van der Waals surface area (Å²) in [6, 6.07) is 56.5. The molecule has 220 valence electrons. The fourth-order valence-corrected chi connectivity index (χ4v) is 7.53. The number of benzene rings is 7. The average molecular weight is 601 g/mol. The average Bonchev–Trinajstić information content (AvgIpc) is 3.63. The third-order valence-electron chi connectivity index (χ3n) is 9.65. The zero-order valence-electron chi connectivity index (χ0n) is 25.5. The van der Waals surface area contributed by atoms with Crippen LogP contribution in [-0.2, 0) is 0 Å². The van der Waals surface area contributed by atoms with Crippen LogP contribution >= 0.6 is 0 Å². The first-order valence-electron chi connectivity index (χ1n) is 16.0. The van der Waals surface area contributed by atoms with Crippen LogP contribution in [0.25, 0.3) is 83.0 Å². The minimum absolute atomic E-state index is 0.674. The highest BCUT2D eigenvalue weighted by atomic mass is 16.5. The lowest BCUT2D eigenvalue weighted by molar-refractivity contribution is 0.514. The third-order valence-corrected chi connectivity index (χ3v) is 9.65. The molecule has 0 atom stereocenters. The molecule has 0 amide bonds. The summed E-state index contributed by atoms with van der Waals surface area (Å²) >= 11 is 0. The van der Waals surface area contributed by atoms with Crippen LogP contribution in [0.3, 0.4) is 0 Å². The maximum absolute atomic E-state index is 6.20. The van der Waals surface area contributed by atoms with E-state index in [0.717, 1.165) is 44.8 Å². The number of nitrogens with zero attached hydrogens (tertiary/aromatic N) is 2. The van der Waals surface area contributed by atoms with Crippen LogP contribution in [0.2, 0.25) is 0 Å². The van der Waals surface area contributed by atoms with Gasteiger partial charge in [0.05, 0.1) is 22.1 Å². The van der Waals surface area contributed by atoms with E-state index < -0.39 is 0 Å². The summed E-state index contributed by atoms with van der Waals surface area (Å²) in [5.41, 5.74) is 12.6. The molecule has 10 rings (SSSR count). The van der Waals surface area contributed by atoms with Gasteiger partial charge in [-0.05, 0) is 83.4 Å². The largest absolute Gasteiger partial charge is 0.457 e. The molecule has 0 N–H and O–H groups in total. The molecule has 1 aliphatic heterocycles. The fourth-order valence-electron chi connectivity index (χ4n) is 7.53. The molecule has 0 spiro atoms. The highest BCUT2D eigenvalue weighted by Gasteiger charge is 2.24. The molecule has 0 saturated heterocycles. The van der Waals surface area contributed by atoms with E-state index in [1.807, 2.05) is 12.1 Å². The normalized spacial score (nSPS) is 12.5. The zero-order chi connectivity index (χ0) is 31.1. The van der Waals surface area contributed by atoms with E-state index in [1.165, 1.54) is 43.7 Å². The van der Waals surface area contributed by atoms with E-state index in [9.17, 15) is 0 Å². The summed E-state index contributed by atoms with van der Waals surface area (Å²) in [5, 5.41) is 4.92. The molecule has 3 heterocycles. The van der Waals surface area contributed by atoms with Crippen molar-refractivity contribution >= 4 is 49.4 Å². The van der Waals surface area contributed by atoms with E-state index >= 15 is 0 Å². The second-order valence-electron chi connectivity index (χ2n) is 12.3. The number of fused-ring (bicyclic) bond motifs is 9. The van der Waals surface area contributed by atoms with Gasteiger partial charge in [-0.15, -0.1) is 0 Å². The van der Waals surface area contributed by atoms with Gasteiger partial charge >= 0.3 is 0 Å². The monoisotopic (exact) mass is 600 g/mol. The van der Waals surface area contributed by atoms with Gasteiger partial charge in [-0.25, -0.2) is 0 Å². The van der Waals surface area contributed by atoms with Gasteiger partial charge in [0.2, 0.25) is 0 Å². The van der Waals surface area contributed by atoms with Gasteiger partial charge in [0.25, 0.3) is 0 Å². The van der Waals surface area contributed by atoms with E-state index in [-0.39, 0.29) is 0 Å². The van der Waals surface area contributed by atoms with Crippen molar-refractivity contribution in [1.29, 1.82) is 0 Å². The maximum atomic E-state index is 6.20. The van der Waals surface area contributed by atoms with Gasteiger partial charge in [0.15, 0.2) is 0 Å². The molecular formula is C44H28N2O. The summed E-state index contributed by atoms with van der Waals surface area (Å²) in [6.45, 7) is 4.31. The molecule has 3 heteroatoms. The van der Waals surface area contributed by atoms with Crippen LogP contribution in [0.15, 0.2) is 164 Å². The van der Waals surface area contributed by atoms with Crippen molar-refractivity contribution in [3.63, 3.8) is 0 Å². The number of hydrogen-bond donors (Lipinski definition) is 0. The van der Waals surface area contributed by atoms with Gasteiger partial charge < -0.3 is 13.9 Å². The van der Waals surface area contributed by atoms with Crippen LogP contribution in [0.5, 0.6) is 5.75 Å².